The van der Waals surface area contributed by atoms with Crippen LogP contribution in [0.2, 0.25) is 0 Å². The smallest absolute Gasteiger partial charge is 0.189 e. The van der Waals surface area contributed by atoms with E-state index in [2.05, 4.69) is 192 Å². The second-order valence-corrected chi connectivity index (χ2v) is 20.1. The van der Waals surface area contributed by atoms with Gasteiger partial charge in [0.2, 0.25) is 0 Å². The zero-order valence-electron chi connectivity index (χ0n) is 33.5. The summed E-state index contributed by atoms with van der Waals surface area (Å²) < 4.78 is 11.4. The fourth-order valence-electron chi connectivity index (χ4n) is 10.6. The van der Waals surface area contributed by atoms with Gasteiger partial charge in [0.1, 0.15) is 11.1 Å². The van der Waals surface area contributed by atoms with Gasteiger partial charge >= 0.3 is 0 Å². The van der Waals surface area contributed by atoms with Gasteiger partial charge in [-0.05, 0) is 125 Å². The number of rotatable bonds is 6. The molecule has 10 aromatic rings. The Hall–Kier alpha value is -7.75. The van der Waals surface area contributed by atoms with Crippen LogP contribution in [-0.2, 0) is 12.8 Å². The van der Waals surface area contributed by atoms with Crippen molar-refractivity contribution in [2.75, 3.05) is 0 Å². The monoisotopic (exact) mass is 795 g/mol. The Bertz CT molecular complexity index is 3380. The lowest BCUT2D eigenvalue weighted by atomic mass is 9.91. The summed E-state index contributed by atoms with van der Waals surface area (Å²) >= 11 is 0. The van der Waals surface area contributed by atoms with Gasteiger partial charge in [0.05, 0.1) is 28.5 Å². The second kappa shape index (κ2) is 13.7. The van der Waals surface area contributed by atoms with Gasteiger partial charge in [-0.15, -0.1) is 0 Å². The van der Waals surface area contributed by atoms with Crippen molar-refractivity contribution in [1.82, 2.24) is 9.13 Å². The van der Waals surface area contributed by atoms with Crippen LogP contribution in [0.15, 0.2) is 162 Å². The van der Waals surface area contributed by atoms with E-state index in [9.17, 15) is 5.26 Å². The lowest BCUT2D eigenvalue weighted by Crippen LogP contribution is -2.74. The maximum Gasteiger partial charge on any atom is 0.189 e. The van der Waals surface area contributed by atoms with Crippen molar-refractivity contribution < 1.29 is 4.42 Å². The topological polar surface area (TPSA) is 46.8 Å². The molecule has 3 heterocycles. The van der Waals surface area contributed by atoms with Crippen molar-refractivity contribution in [2.45, 2.75) is 32.1 Å². The molecule has 0 N–H and O–H groups in total. The van der Waals surface area contributed by atoms with Crippen molar-refractivity contribution in [2.24, 2.45) is 0 Å². The average Bonchev–Trinajstić information content (AvgIpc) is 3.99. The minimum Gasteiger partial charge on any atom is -0.454 e. The lowest BCUT2D eigenvalue weighted by Gasteiger charge is -2.34. The van der Waals surface area contributed by atoms with E-state index in [1.807, 2.05) is 18.2 Å². The minimum absolute atomic E-state index is 0.352. The summed E-state index contributed by atoms with van der Waals surface area (Å²) in [6.07, 6.45) is 7.37. The zero-order chi connectivity index (χ0) is 40.7. The van der Waals surface area contributed by atoms with Crippen molar-refractivity contribution in [3.63, 3.8) is 0 Å². The van der Waals surface area contributed by atoms with E-state index in [4.69, 9.17) is 4.42 Å². The normalized spacial score (nSPS) is 14.3. The van der Waals surface area contributed by atoms with E-state index in [1.54, 1.807) is 0 Å². The number of benzene rings is 5. The van der Waals surface area contributed by atoms with Crippen molar-refractivity contribution in [1.29, 1.82) is 5.26 Å². The van der Waals surface area contributed by atoms with E-state index in [0.29, 0.717) is 11.5 Å². The summed E-state index contributed by atoms with van der Waals surface area (Å²) in [5.74, 6) is 1.31. The molecular weight excluding hydrogens is 759 g/mol. The average molecular weight is 796 g/mol. The standard InChI is InChI=1S/C56H37N3OSi/c1-37-15-14-25-52-54(37)49-22-9-12-24-51(49)58(52)40-33-38(36-57)34-44(35-40)61(41-16-4-2-5-17-41,42-18-6-3-7-19-42)43-29-27-39(28-30-43)59-50-23-11-8-20-45(50)47-31-32-48-46-21-10-13-26-53(46)60-56(48)55(47)59/h2-6,8-11,13-14,16-18,20-23,25-30,33-35,37H,15,31-32H2,1H3. The molecule has 7 aromatic carbocycles. The van der Waals surface area contributed by atoms with Gasteiger partial charge in [0.15, 0.2) is 13.8 Å². The lowest BCUT2D eigenvalue weighted by molar-refractivity contribution is 0.616. The van der Waals surface area contributed by atoms with Gasteiger partial charge in [-0.25, -0.2) is 0 Å². The molecule has 5 heteroatoms. The van der Waals surface area contributed by atoms with E-state index in [1.165, 1.54) is 43.2 Å². The first-order valence-corrected chi connectivity index (χ1v) is 23.0. The number of furan rings is 1. The van der Waals surface area contributed by atoms with Crippen LogP contribution in [0.4, 0.5) is 0 Å². The highest BCUT2D eigenvalue weighted by molar-refractivity contribution is 7.19. The molecule has 0 aliphatic heterocycles. The molecule has 0 spiro atoms. The molecule has 2 aliphatic carbocycles. The number of nitrogens with zero attached hydrogens (tertiary/aromatic N) is 3. The van der Waals surface area contributed by atoms with Crippen LogP contribution < -0.4 is 20.7 Å². The number of fused-ring (bicyclic) bond motifs is 10. The fourth-order valence-corrected chi connectivity index (χ4v) is 15.2. The Labute approximate surface area is 355 Å². The predicted octanol–water partition coefficient (Wildman–Crippen LogP) is 10.1. The first-order valence-electron chi connectivity index (χ1n) is 21.0. The van der Waals surface area contributed by atoms with Crippen molar-refractivity contribution in [3.05, 3.63) is 210 Å². The Morgan fingerprint density at radius 2 is 1.44 bits per heavy atom. The summed E-state index contributed by atoms with van der Waals surface area (Å²) in [5.41, 5.74) is 11.9. The van der Waals surface area contributed by atoms with E-state index in [-0.39, 0.29) is 0 Å². The summed E-state index contributed by atoms with van der Waals surface area (Å²) in [4.78, 5) is 0. The maximum absolute atomic E-state index is 10.8. The molecule has 2 atom stereocenters. The molecule has 286 valence electrons. The molecule has 12 rings (SSSR count). The van der Waals surface area contributed by atoms with Gasteiger partial charge in [-0.3, -0.25) is 0 Å². The van der Waals surface area contributed by atoms with E-state index in [0.717, 1.165) is 74.8 Å². The summed E-state index contributed by atoms with van der Waals surface area (Å²) in [5, 5.41) is 19.0. The number of para-hydroxylation sites is 2. The van der Waals surface area contributed by atoms with Gasteiger partial charge in [-0.1, -0.05) is 122 Å². The number of aryl methyl sites for hydroxylation is 2. The van der Waals surface area contributed by atoms with E-state index < -0.39 is 8.07 Å². The highest BCUT2D eigenvalue weighted by Crippen LogP contribution is 2.45. The highest BCUT2D eigenvalue weighted by Gasteiger charge is 2.43. The van der Waals surface area contributed by atoms with Gasteiger partial charge < -0.3 is 13.6 Å². The Morgan fingerprint density at radius 3 is 2.28 bits per heavy atom. The van der Waals surface area contributed by atoms with Crippen LogP contribution in [0.5, 0.6) is 0 Å². The third-order valence-electron chi connectivity index (χ3n) is 13.1. The molecule has 0 saturated heterocycles. The number of hydrogen-bond donors (Lipinski definition) is 0. The highest BCUT2D eigenvalue weighted by atomic mass is 28.3. The summed E-state index contributed by atoms with van der Waals surface area (Å²) in [7, 11) is -3.19. The molecule has 0 saturated carbocycles. The molecule has 0 radical (unpaired) electrons. The molecule has 2 aliphatic rings. The number of allylic oxidation sites excluding steroid dienone is 1. The first kappa shape index (κ1) is 35.2. The Kier molecular flexibility index (Phi) is 7.88. The maximum atomic E-state index is 10.8. The first-order chi connectivity index (χ1) is 30.1. The Balaban J connectivity index is 1.11. The molecule has 61 heavy (non-hydrogen) atoms. The fraction of sp³-hybridized carbons (Fsp3) is 0.0893. The Morgan fingerprint density at radius 1 is 0.672 bits per heavy atom. The molecule has 4 nitrogen and oxygen atoms in total. The minimum atomic E-state index is -3.19. The van der Waals surface area contributed by atoms with Crippen LogP contribution in [0.25, 0.3) is 61.7 Å². The van der Waals surface area contributed by atoms with Crippen LogP contribution in [0.1, 0.15) is 47.2 Å². The predicted molar refractivity (Wildman–Crippen MR) is 248 cm³/mol. The molecule has 0 fully saturated rings. The van der Waals surface area contributed by atoms with Crippen LogP contribution in [0.3, 0.4) is 0 Å². The molecule has 0 amide bonds. The quantitative estimate of drug-likeness (QED) is 0.124. The molecule has 2 unspecified atom stereocenters. The second-order valence-electron chi connectivity index (χ2n) is 16.4. The molecular formula is C56H37N3OSi. The van der Waals surface area contributed by atoms with Gasteiger partial charge in [-0.2, -0.15) is 5.26 Å². The van der Waals surface area contributed by atoms with Crippen LogP contribution >= 0.6 is 0 Å². The number of nitriles is 1. The molecule has 0 bridgehead atoms. The zero-order valence-corrected chi connectivity index (χ0v) is 34.5. The third kappa shape index (κ3) is 5.14. The molecule has 3 aromatic heterocycles. The number of aromatic nitrogens is 2. The van der Waals surface area contributed by atoms with Crippen molar-refractivity contribution >= 4 is 67.7 Å². The largest absolute Gasteiger partial charge is 0.454 e. The SMILES string of the molecule is CC1CC=Cc2c1c1ccc#cc1n2-c1cc(C#N)cc([Si](c2c#cccc2)(c2ccccc2)c2ccc(-n3c4c(c5ccccc53)CCc3c-4oc4ccccc34)cc2)c1. The van der Waals surface area contributed by atoms with E-state index >= 15 is 0 Å². The van der Waals surface area contributed by atoms with Crippen molar-refractivity contribution in [3.8, 4) is 28.9 Å². The third-order valence-corrected chi connectivity index (χ3v) is 17.8. The van der Waals surface area contributed by atoms with Gasteiger partial charge in [0, 0.05) is 38.3 Å². The van der Waals surface area contributed by atoms with Crippen LogP contribution in [-0.4, -0.2) is 17.2 Å². The summed E-state index contributed by atoms with van der Waals surface area (Å²) in [6, 6.07) is 70.1. The number of hydrogen-bond acceptors (Lipinski definition) is 2. The van der Waals surface area contributed by atoms with Crippen LogP contribution in [0, 0.1) is 35.6 Å². The summed E-state index contributed by atoms with van der Waals surface area (Å²) in [6.45, 7) is 2.29. The van der Waals surface area contributed by atoms with Gasteiger partial charge in [0.25, 0.3) is 0 Å².